The number of aromatic hydroxyl groups is 1. The monoisotopic (exact) mass is 402 g/mol. The van der Waals surface area contributed by atoms with Crippen LogP contribution < -0.4 is 10.1 Å². The number of nitrogens with zero attached hydrogens (tertiary/aromatic N) is 1. The summed E-state index contributed by atoms with van der Waals surface area (Å²) in [6, 6.07) is 13.1. The van der Waals surface area contributed by atoms with E-state index < -0.39 is 6.10 Å². The summed E-state index contributed by atoms with van der Waals surface area (Å²) < 4.78 is 5.70. The minimum Gasteiger partial charge on any atom is -0.508 e. The number of benzene rings is 2. The number of nitrogens with one attached hydrogen (secondary N) is 1. The lowest BCUT2D eigenvalue weighted by atomic mass is 10.0. The molecule has 2 aromatic carbocycles. The van der Waals surface area contributed by atoms with Gasteiger partial charge >= 0.3 is 0 Å². The molecule has 0 aromatic heterocycles. The lowest BCUT2D eigenvalue weighted by Gasteiger charge is -2.33. The number of amides is 2. The Morgan fingerprint density at radius 2 is 1.86 bits per heavy atom. The molecule has 0 bridgehead atoms. The molecule has 1 unspecified atom stereocenters. The van der Waals surface area contributed by atoms with Crippen LogP contribution in [0.4, 0.5) is 0 Å². The van der Waals surface area contributed by atoms with Crippen LogP contribution in [-0.2, 0) is 4.79 Å². The fourth-order valence-electron chi connectivity index (χ4n) is 3.18. The van der Waals surface area contributed by atoms with Gasteiger partial charge in [0.05, 0.1) is 0 Å². The van der Waals surface area contributed by atoms with Gasteiger partial charge in [0, 0.05) is 29.7 Å². The number of phenolic OH excluding ortho intramolecular Hbond substituents is 1. The number of likely N-dealkylation sites (tertiary alicyclic amines) is 1. The van der Waals surface area contributed by atoms with Gasteiger partial charge in [0.2, 0.25) is 0 Å². The highest BCUT2D eigenvalue weighted by molar-refractivity contribution is 6.30. The Balaban J connectivity index is 1.48. The van der Waals surface area contributed by atoms with Crippen molar-refractivity contribution in [1.82, 2.24) is 10.2 Å². The summed E-state index contributed by atoms with van der Waals surface area (Å²) in [5, 5.41) is 13.1. The molecule has 0 spiro atoms. The third-order valence-electron chi connectivity index (χ3n) is 4.72. The molecular weight excluding hydrogens is 380 g/mol. The molecule has 1 saturated heterocycles. The summed E-state index contributed by atoms with van der Waals surface area (Å²) in [6.45, 7) is 2.84. The van der Waals surface area contributed by atoms with E-state index in [1.165, 1.54) is 12.1 Å². The molecule has 0 radical (unpaired) electrons. The first kappa shape index (κ1) is 20.0. The lowest BCUT2D eigenvalue weighted by molar-refractivity contribution is -0.139. The maximum Gasteiger partial charge on any atom is 0.263 e. The van der Waals surface area contributed by atoms with Gasteiger partial charge in [-0.25, -0.2) is 0 Å². The van der Waals surface area contributed by atoms with Crippen LogP contribution in [0.25, 0.3) is 0 Å². The molecule has 148 valence electrons. The molecule has 1 fully saturated rings. The van der Waals surface area contributed by atoms with Gasteiger partial charge in [-0.15, -0.1) is 0 Å². The Morgan fingerprint density at radius 3 is 2.50 bits per heavy atom. The fraction of sp³-hybridized carbons (Fsp3) is 0.333. The van der Waals surface area contributed by atoms with E-state index >= 15 is 0 Å². The number of hydrogen-bond acceptors (Lipinski definition) is 4. The molecule has 2 N–H and O–H groups in total. The van der Waals surface area contributed by atoms with Gasteiger partial charge in [-0.05, 0) is 62.2 Å². The number of halogens is 1. The van der Waals surface area contributed by atoms with E-state index in [4.69, 9.17) is 16.3 Å². The highest BCUT2D eigenvalue weighted by Gasteiger charge is 2.27. The summed E-state index contributed by atoms with van der Waals surface area (Å²) in [5.41, 5.74) is 0.420. The molecule has 7 heteroatoms. The van der Waals surface area contributed by atoms with E-state index in [0.29, 0.717) is 42.3 Å². The van der Waals surface area contributed by atoms with Crippen LogP contribution in [0.3, 0.4) is 0 Å². The number of carbonyl (C=O) groups is 2. The first-order chi connectivity index (χ1) is 13.4. The highest BCUT2D eigenvalue weighted by atomic mass is 35.5. The molecule has 1 atom stereocenters. The zero-order chi connectivity index (χ0) is 20.1. The molecule has 2 amide bonds. The number of phenols is 1. The highest BCUT2D eigenvalue weighted by Crippen LogP contribution is 2.19. The minimum absolute atomic E-state index is 0.00797. The Labute approximate surface area is 169 Å². The summed E-state index contributed by atoms with van der Waals surface area (Å²) in [4.78, 5) is 26.7. The van der Waals surface area contributed by atoms with Crippen LogP contribution in [0.5, 0.6) is 11.5 Å². The predicted octanol–water partition coefficient (Wildman–Crippen LogP) is 3.23. The fourth-order valence-corrected chi connectivity index (χ4v) is 3.31. The van der Waals surface area contributed by atoms with E-state index in [9.17, 15) is 14.7 Å². The van der Waals surface area contributed by atoms with E-state index in [1.54, 1.807) is 48.2 Å². The quantitative estimate of drug-likeness (QED) is 0.804. The maximum atomic E-state index is 12.6. The van der Waals surface area contributed by atoms with E-state index in [1.807, 2.05) is 0 Å². The third kappa shape index (κ3) is 5.16. The minimum atomic E-state index is -0.598. The molecule has 3 rings (SSSR count). The van der Waals surface area contributed by atoms with Crippen molar-refractivity contribution < 1.29 is 19.4 Å². The molecule has 1 heterocycles. The summed E-state index contributed by atoms with van der Waals surface area (Å²) in [6.07, 6.45) is 0.744. The molecule has 0 saturated carbocycles. The summed E-state index contributed by atoms with van der Waals surface area (Å²) in [5.74, 6) is 0.356. The zero-order valence-electron chi connectivity index (χ0n) is 15.6. The van der Waals surface area contributed by atoms with Gasteiger partial charge < -0.3 is 20.1 Å². The second kappa shape index (κ2) is 8.97. The van der Waals surface area contributed by atoms with E-state index in [2.05, 4.69) is 5.32 Å². The standard InChI is InChI=1S/C21H23ClN2O4/c1-14(28-19-7-5-16(22)6-8-19)21(27)24-11-9-17(10-12-24)23-20(26)15-3-2-4-18(25)13-15/h2-8,13-14,17,25H,9-12H2,1H3,(H,23,26). The predicted molar refractivity (Wildman–Crippen MR) is 107 cm³/mol. The first-order valence-electron chi connectivity index (χ1n) is 9.23. The van der Waals surface area contributed by atoms with Crippen molar-refractivity contribution in [3.63, 3.8) is 0 Å². The van der Waals surface area contributed by atoms with Crippen molar-refractivity contribution in [2.24, 2.45) is 0 Å². The van der Waals surface area contributed by atoms with Crippen LogP contribution in [0.1, 0.15) is 30.1 Å². The van der Waals surface area contributed by atoms with Gasteiger partial charge in [-0.1, -0.05) is 17.7 Å². The number of hydrogen-bond donors (Lipinski definition) is 2. The van der Waals surface area contributed by atoms with E-state index in [0.717, 1.165) is 0 Å². The topological polar surface area (TPSA) is 78.9 Å². The maximum absolute atomic E-state index is 12.6. The average molecular weight is 403 g/mol. The van der Waals surface area contributed by atoms with Gasteiger partial charge in [-0.2, -0.15) is 0 Å². The SMILES string of the molecule is CC(Oc1ccc(Cl)cc1)C(=O)N1CCC(NC(=O)c2cccc(O)c2)CC1. The van der Waals surface area contributed by atoms with Crippen molar-refractivity contribution in [2.75, 3.05) is 13.1 Å². The van der Waals surface area contributed by atoms with Crippen molar-refractivity contribution in [3.8, 4) is 11.5 Å². The largest absolute Gasteiger partial charge is 0.508 e. The molecular formula is C21H23ClN2O4. The zero-order valence-corrected chi connectivity index (χ0v) is 16.4. The van der Waals surface area contributed by atoms with E-state index in [-0.39, 0.29) is 23.6 Å². The van der Waals surface area contributed by atoms with Gasteiger partial charge in [0.25, 0.3) is 11.8 Å². The van der Waals surface area contributed by atoms with Crippen molar-refractivity contribution in [2.45, 2.75) is 31.9 Å². The Hall–Kier alpha value is -2.73. The smallest absolute Gasteiger partial charge is 0.263 e. The van der Waals surface area contributed by atoms with Gasteiger partial charge in [0.15, 0.2) is 6.10 Å². The van der Waals surface area contributed by atoms with Crippen molar-refractivity contribution in [1.29, 1.82) is 0 Å². The first-order valence-corrected chi connectivity index (χ1v) is 9.61. The normalized spacial score (nSPS) is 15.7. The Kier molecular flexibility index (Phi) is 6.41. The number of piperidine rings is 1. The number of rotatable bonds is 5. The van der Waals surface area contributed by atoms with Crippen LogP contribution in [-0.4, -0.2) is 47.1 Å². The number of ether oxygens (including phenoxy) is 1. The molecule has 0 aliphatic carbocycles. The Bertz CT molecular complexity index is 833. The number of carbonyl (C=O) groups excluding carboxylic acids is 2. The third-order valence-corrected chi connectivity index (χ3v) is 4.98. The lowest BCUT2D eigenvalue weighted by Crippen LogP contribution is -2.49. The molecule has 2 aromatic rings. The average Bonchev–Trinajstić information content (AvgIpc) is 2.69. The molecule has 28 heavy (non-hydrogen) atoms. The van der Waals surface area contributed by atoms with Crippen LogP contribution in [0.15, 0.2) is 48.5 Å². The van der Waals surface area contributed by atoms with Crippen LogP contribution in [0, 0.1) is 0 Å². The van der Waals surface area contributed by atoms with Crippen molar-refractivity contribution >= 4 is 23.4 Å². The van der Waals surface area contributed by atoms with Crippen LogP contribution >= 0.6 is 11.6 Å². The second-order valence-electron chi connectivity index (χ2n) is 6.84. The van der Waals surface area contributed by atoms with Gasteiger partial charge in [-0.3, -0.25) is 9.59 Å². The van der Waals surface area contributed by atoms with Crippen molar-refractivity contribution in [3.05, 3.63) is 59.1 Å². The Morgan fingerprint density at radius 1 is 1.18 bits per heavy atom. The summed E-state index contributed by atoms with van der Waals surface area (Å²) in [7, 11) is 0. The van der Waals surface area contributed by atoms with Crippen LogP contribution in [0.2, 0.25) is 5.02 Å². The molecule has 6 nitrogen and oxygen atoms in total. The van der Waals surface area contributed by atoms with Gasteiger partial charge in [0.1, 0.15) is 11.5 Å². The summed E-state index contributed by atoms with van der Waals surface area (Å²) >= 11 is 5.86. The second-order valence-corrected chi connectivity index (χ2v) is 7.27. The molecule has 1 aliphatic heterocycles. The molecule has 1 aliphatic rings.